The average molecular weight is 528 g/mol. The molecule has 5 nitrogen and oxygen atoms in total. The molecule has 0 spiro atoms. The number of carbonyl (C=O) groups excluding carboxylic acids is 1. The normalized spacial score (nSPS) is 18.5. The van der Waals surface area contributed by atoms with E-state index in [1.165, 1.54) is 34.8 Å². The zero-order valence-electron chi connectivity index (χ0n) is 22.0. The first-order valence-corrected chi connectivity index (χ1v) is 13.3. The minimum atomic E-state index is -1.02. The second-order valence-corrected chi connectivity index (χ2v) is 10.7. The van der Waals surface area contributed by atoms with Crippen molar-refractivity contribution in [1.29, 1.82) is 0 Å². The van der Waals surface area contributed by atoms with Crippen LogP contribution in [0.3, 0.4) is 0 Å². The van der Waals surface area contributed by atoms with Gasteiger partial charge in [0, 0.05) is 29.7 Å². The van der Waals surface area contributed by atoms with Crippen molar-refractivity contribution in [1.82, 2.24) is 14.8 Å². The number of para-hydroxylation sites is 1. The standard InChI is InChI=1S/C30H38FN3O2.ClH/c1-22-27(19-23-7-9-25(10-8-23)29(35)36-2)26-5-3-4-6-28(26)34(22)20-24-11-17-33(18-12-24)21-30(31)13-15-32-16-14-30;/h3-10,24,32H,11-21H2,1-2H3;1H. The number of hydrogen-bond donors (Lipinski definition) is 1. The Kier molecular flexibility index (Phi) is 8.94. The SMILES string of the molecule is COC(=O)c1ccc(Cc2c(C)n(CC3CCN(CC4(F)CCNCC4)CC3)c3ccccc23)cc1.Cl. The van der Waals surface area contributed by atoms with Gasteiger partial charge >= 0.3 is 5.97 Å². The first-order chi connectivity index (χ1) is 17.5. The molecule has 2 aliphatic rings. The number of rotatable bonds is 7. The van der Waals surface area contributed by atoms with Gasteiger partial charge in [-0.3, -0.25) is 0 Å². The molecule has 3 aromatic rings. The summed E-state index contributed by atoms with van der Waals surface area (Å²) in [6.07, 6.45) is 4.33. The maximum absolute atomic E-state index is 15.2. The number of fused-ring (bicyclic) bond motifs is 1. The molecule has 0 bridgehead atoms. The second-order valence-electron chi connectivity index (χ2n) is 10.7. The first kappa shape index (κ1) is 27.6. The Morgan fingerprint density at radius 2 is 1.76 bits per heavy atom. The van der Waals surface area contributed by atoms with E-state index in [1.54, 1.807) is 0 Å². The summed E-state index contributed by atoms with van der Waals surface area (Å²) in [6, 6.07) is 16.4. The zero-order valence-corrected chi connectivity index (χ0v) is 22.8. The Hall–Kier alpha value is -2.41. The molecule has 0 unspecified atom stereocenters. The molecule has 37 heavy (non-hydrogen) atoms. The largest absolute Gasteiger partial charge is 0.465 e. The smallest absolute Gasteiger partial charge is 0.337 e. The number of aromatic nitrogens is 1. The number of halogens is 2. The number of esters is 1. The van der Waals surface area contributed by atoms with E-state index in [2.05, 4.69) is 46.0 Å². The maximum atomic E-state index is 15.2. The van der Waals surface area contributed by atoms with Gasteiger partial charge in [0.15, 0.2) is 0 Å². The van der Waals surface area contributed by atoms with Gasteiger partial charge in [0.1, 0.15) is 5.67 Å². The van der Waals surface area contributed by atoms with Crippen LogP contribution in [0.2, 0.25) is 0 Å². The number of piperidine rings is 2. The molecule has 1 aromatic heterocycles. The van der Waals surface area contributed by atoms with E-state index in [1.807, 2.05) is 24.3 Å². The molecule has 0 atom stereocenters. The third-order valence-corrected chi connectivity index (χ3v) is 8.27. The van der Waals surface area contributed by atoms with E-state index < -0.39 is 5.67 Å². The van der Waals surface area contributed by atoms with E-state index in [9.17, 15) is 4.79 Å². The topological polar surface area (TPSA) is 46.5 Å². The number of methoxy groups -OCH3 is 1. The van der Waals surface area contributed by atoms with Crippen LogP contribution in [0, 0.1) is 12.8 Å². The Morgan fingerprint density at radius 3 is 2.43 bits per heavy atom. The molecule has 0 saturated carbocycles. The lowest BCUT2D eigenvalue weighted by Crippen LogP contribution is -2.49. The van der Waals surface area contributed by atoms with Crippen LogP contribution >= 0.6 is 12.4 Å². The molecule has 0 radical (unpaired) electrons. The van der Waals surface area contributed by atoms with Gasteiger partial charge in [-0.1, -0.05) is 30.3 Å². The lowest BCUT2D eigenvalue weighted by molar-refractivity contribution is 0.0446. The summed E-state index contributed by atoms with van der Waals surface area (Å²) in [5, 5.41) is 4.58. The van der Waals surface area contributed by atoms with Crippen LogP contribution in [0.15, 0.2) is 48.5 Å². The quantitative estimate of drug-likeness (QED) is 0.409. The van der Waals surface area contributed by atoms with Crippen molar-refractivity contribution in [3.8, 4) is 0 Å². The van der Waals surface area contributed by atoms with Crippen molar-refractivity contribution in [3.63, 3.8) is 0 Å². The highest BCUT2D eigenvalue weighted by molar-refractivity contribution is 5.89. The van der Waals surface area contributed by atoms with Crippen LogP contribution < -0.4 is 5.32 Å². The Labute approximate surface area is 225 Å². The number of alkyl halides is 1. The first-order valence-electron chi connectivity index (χ1n) is 13.3. The van der Waals surface area contributed by atoms with Gasteiger partial charge in [-0.15, -0.1) is 12.4 Å². The van der Waals surface area contributed by atoms with E-state index >= 15 is 4.39 Å². The molecule has 3 heterocycles. The molecule has 0 amide bonds. The molecule has 7 heteroatoms. The van der Waals surface area contributed by atoms with E-state index in [4.69, 9.17) is 4.74 Å². The van der Waals surface area contributed by atoms with Gasteiger partial charge in [0.2, 0.25) is 0 Å². The van der Waals surface area contributed by atoms with E-state index in [0.29, 0.717) is 30.9 Å². The minimum absolute atomic E-state index is 0. The van der Waals surface area contributed by atoms with Crippen LogP contribution in [0.4, 0.5) is 4.39 Å². The number of likely N-dealkylation sites (tertiary alicyclic amines) is 1. The summed E-state index contributed by atoms with van der Waals surface area (Å²) in [7, 11) is 1.41. The number of carbonyl (C=O) groups is 1. The van der Waals surface area contributed by atoms with Crippen LogP contribution in [0.1, 0.15) is 52.9 Å². The third-order valence-electron chi connectivity index (χ3n) is 8.27. The van der Waals surface area contributed by atoms with Crippen molar-refractivity contribution < 1.29 is 13.9 Å². The summed E-state index contributed by atoms with van der Waals surface area (Å²) < 4.78 is 22.5. The molecule has 2 saturated heterocycles. The summed E-state index contributed by atoms with van der Waals surface area (Å²) >= 11 is 0. The summed E-state index contributed by atoms with van der Waals surface area (Å²) in [4.78, 5) is 14.1. The Bertz CT molecular complexity index is 1200. The van der Waals surface area contributed by atoms with E-state index in [-0.39, 0.29) is 18.4 Å². The maximum Gasteiger partial charge on any atom is 0.337 e. The second kappa shape index (κ2) is 12.0. The monoisotopic (exact) mass is 527 g/mol. The zero-order chi connectivity index (χ0) is 25.1. The molecule has 1 N–H and O–H groups in total. The average Bonchev–Trinajstić information content (AvgIpc) is 3.16. The fraction of sp³-hybridized carbons (Fsp3) is 0.500. The van der Waals surface area contributed by atoms with Gasteiger partial charge in [-0.25, -0.2) is 9.18 Å². The molecular formula is C30H39ClFN3O2. The summed E-state index contributed by atoms with van der Waals surface area (Å²) in [5.41, 5.74) is 4.68. The van der Waals surface area contributed by atoms with Crippen molar-refractivity contribution in [3.05, 3.63) is 70.9 Å². The number of nitrogens with zero attached hydrogens (tertiary/aromatic N) is 2. The molecule has 2 aromatic carbocycles. The highest BCUT2D eigenvalue weighted by atomic mass is 35.5. The highest BCUT2D eigenvalue weighted by Crippen LogP contribution is 2.32. The van der Waals surface area contributed by atoms with Crippen LogP contribution in [0.5, 0.6) is 0 Å². The molecule has 2 fully saturated rings. The number of hydrogen-bond acceptors (Lipinski definition) is 4. The minimum Gasteiger partial charge on any atom is -0.465 e. The highest BCUT2D eigenvalue weighted by Gasteiger charge is 2.35. The molecule has 5 rings (SSSR count). The third kappa shape index (κ3) is 6.19. The molecular weight excluding hydrogens is 489 g/mol. The molecule has 2 aliphatic heterocycles. The van der Waals surface area contributed by atoms with Gasteiger partial charge in [0.05, 0.1) is 12.7 Å². The van der Waals surface area contributed by atoms with E-state index in [0.717, 1.165) is 52.0 Å². The van der Waals surface area contributed by atoms with Gasteiger partial charge in [-0.2, -0.15) is 0 Å². The van der Waals surface area contributed by atoms with Gasteiger partial charge in [-0.05, 0) is 100 Å². The number of benzene rings is 2. The fourth-order valence-corrected chi connectivity index (χ4v) is 6.06. The summed E-state index contributed by atoms with van der Waals surface area (Å²) in [5.74, 6) is 0.296. The Morgan fingerprint density at radius 1 is 1.08 bits per heavy atom. The lowest BCUT2D eigenvalue weighted by atomic mass is 9.91. The van der Waals surface area contributed by atoms with Crippen molar-refractivity contribution in [2.24, 2.45) is 5.92 Å². The van der Waals surface area contributed by atoms with Crippen LogP contribution in [-0.2, 0) is 17.7 Å². The molecule has 0 aliphatic carbocycles. The van der Waals surface area contributed by atoms with Crippen molar-refractivity contribution in [2.75, 3.05) is 39.8 Å². The lowest BCUT2D eigenvalue weighted by Gasteiger charge is -2.38. The van der Waals surface area contributed by atoms with Crippen LogP contribution in [-0.4, -0.2) is 60.9 Å². The fourth-order valence-electron chi connectivity index (χ4n) is 6.06. The Balaban J connectivity index is 0.00000320. The number of nitrogens with one attached hydrogen (secondary N) is 1. The molecule has 200 valence electrons. The van der Waals surface area contributed by atoms with Gasteiger partial charge in [0.25, 0.3) is 0 Å². The van der Waals surface area contributed by atoms with Crippen LogP contribution in [0.25, 0.3) is 10.9 Å². The number of ether oxygens (including phenoxy) is 1. The predicted molar refractivity (Wildman–Crippen MR) is 150 cm³/mol. The summed E-state index contributed by atoms with van der Waals surface area (Å²) in [6.45, 7) is 7.40. The van der Waals surface area contributed by atoms with Crippen molar-refractivity contribution in [2.45, 2.75) is 51.2 Å². The van der Waals surface area contributed by atoms with Gasteiger partial charge < -0.3 is 19.5 Å². The predicted octanol–water partition coefficient (Wildman–Crippen LogP) is 5.55. The van der Waals surface area contributed by atoms with Crippen molar-refractivity contribution >= 4 is 29.3 Å².